The fourth-order valence-electron chi connectivity index (χ4n) is 4.95. The Morgan fingerprint density at radius 1 is 0.958 bits per heavy atom. The van der Waals surface area contributed by atoms with Crippen LogP contribution in [0.3, 0.4) is 0 Å². The fourth-order valence-corrected chi connectivity index (χ4v) is 4.95. The summed E-state index contributed by atoms with van der Waals surface area (Å²) in [5.74, 6) is 0. The predicted octanol–water partition coefficient (Wildman–Crippen LogP) is 0.656. The van der Waals surface area contributed by atoms with Gasteiger partial charge in [0.05, 0.1) is 38.0 Å². The van der Waals surface area contributed by atoms with Crippen LogP contribution in [-0.2, 0) is 16.0 Å². The molecule has 5 nitrogen and oxygen atoms in total. The second kappa shape index (κ2) is 6.07. The molecule has 0 bridgehead atoms. The Kier molecular flexibility index (Phi) is 3.87. The molecule has 5 heteroatoms. The van der Waals surface area contributed by atoms with Crippen LogP contribution in [0, 0.1) is 0 Å². The van der Waals surface area contributed by atoms with Crippen molar-refractivity contribution in [2.75, 3.05) is 59.2 Å². The number of rotatable bonds is 3. The quantitative estimate of drug-likeness (QED) is 0.812. The number of likely N-dealkylation sites (tertiary alicyclic amines) is 1. The number of nitrogens with zero attached hydrogens (tertiary/aromatic N) is 3. The van der Waals surface area contributed by atoms with Gasteiger partial charge in [0, 0.05) is 45.3 Å². The maximum atomic E-state index is 5.80. The Labute approximate surface area is 144 Å². The van der Waals surface area contributed by atoms with Crippen LogP contribution in [0.25, 0.3) is 0 Å². The van der Waals surface area contributed by atoms with Crippen molar-refractivity contribution in [3.8, 4) is 0 Å². The smallest absolute Gasteiger partial charge is 0.0645 e. The van der Waals surface area contributed by atoms with Gasteiger partial charge in [-0.2, -0.15) is 0 Å². The zero-order valence-electron chi connectivity index (χ0n) is 14.3. The minimum Gasteiger partial charge on any atom is -0.378 e. The van der Waals surface area contributed by atoms with E-state index in [0.29, 0.717) is 17.6 Å². The molecule has 4 fully saturated rings. The summed E-state index contributed by atoms with van der Waals surface area (Å²) in [6, 6.07) is 12.1. The number of piperazine rings is 1. The lowest BCUT2D eigenvalue weighted by Gasteiger charge is -2.65. The highest BCUT2D eigenvalue weighted by atomic mass is 16.5. The molecule has 1 aromatic carbocycles. The Bertz CT molecular complexity index is 571. The average molecular weight is 329 g/mol. The molecule has 4 heterocycles. The molecule has 24 heavy (non-hydrogen) atoms. The van der Waals surface area contributed by atoms with Crippen LogP contribution >= 0.6 is 0 Å². The van der Waals surface area contributed by atoms with E-state index in [9.17, 15) is 0 Å². The molecule has 0 radical (unpaired) electrons. The molecule has 0 aliphatic carbocycles. The van der Waals surface area contributed by atoms with Crippen LogP contribution in [-0.4, -0.2) is 91.5 Å². The van der Waals surface area contributed by atoms with Crippen molar-refractivity contribution in [1.29, 1.82) is 0 Å². The first-order chi connectivity index (χ1) is 11.8. The van der Waals surface area contributed by atoms with E-state index in [4.69, 9.17) is 9.47 Å². The van der Waals surface area contributed by atoms with Crippen molar-refractivity contribution in [3.63, 3.8) is 0 Å². The predicted molar refractivity (Wildman–Crippen MR) is 91.9 cm³/mol. The van der Waals surface area contributed by atoms with E-state index in [1.54, 1.807) is 0 Å². The molecule has 4 aliphatic heterocycles. The maximum absolute atomic E-state index is 5.80. The van der Waals surface area contributed by atoms with E-state index in [-0.39, 0.29) is 0 Å². The van der Waals surface area contributed by atoms with Gasteiger partial charge in [-0.3, -0.25) is 14.7 Å². The van der Waals surface area contributed by atoms with Gasteiger partial charge in [-0.15, -0.1) is 0 Å². The third kappa shape index (κ3) is 2.59. The number of hydrogen-bond donors (Lipinski definition) is 0. The largest absolute Gasteiger partial charge is 0.378 e. The third-order valence-corrected chi connectivity index (χ3v) is 6.20. The van der Waals surface area contributed by atoms with Gasteiger partial charge in [-0.05, 0) is 5.56 Å². The van der Waals surface area contributed by atoms with Gasteiger partial charge >= 0.3 is 0 Å². The van der Waals surface area contributed by atoms with E-state index in [1.807, 2.05) is 0 Å². The summed E-state index contributed by atoms with van der Waals surface area (Å²) in [6.45, 7) is 10.5. The van der Waals surface area contributed by atoms with Crippen molar-refractivity contribution < 1.29 is 9.47 Å². The highest BCUT2D eigenvalue weighted by molar-refractivity contribution is 5.17. The first-order valence-corrected chi connectivity index (χ1v) is 9.25. The van der Waals surface area contributed by atoms with Crippen molar-refractivity contribution in [2.45, 2.75) is 24.2 Å². The minimum absolute atomic E-state index is 0.330. The molecule has 0 N–H and O–H groups in total. The molecule has 0 aromatic heterocycles. The van der Waals surface area contributed by atoms with Crippen molar-refractivity contribution >= 4 is 0 Å². The molecule has 4 saturated heterocycles. The van der Waals surface area contributed by atoms with E-state index < -0.39 is 0 Å². The van der Waals surface area contributed by atoms with E-state index >= 15 is 0 Å². The number of hydrogen-bond acceptors (Lipinski definition) is 5. The van der Waals surface area contributed by atoms with Gasteiger partial charge in [0.1, 0.15) is 0 Å². The number of morpholine rings is 1. The Morgan fingerprint density at radius 3 is 2.50 bits per heavy atom. The summed E-state index contributed by atoms with van der Waals surface area (Å²) in [7, 11) is 0. The molecule has 1 unspecified atom stereocenters. The first-order valence-electron chi connectivity index (χ1n) is 9.25. The second-order valence-corrected chi connectivity index (χ2v) is 7.90. The van der Waals surface area contributed by atoms with E-state index in [2.05, 4.69) is 45.0 Å². The van der Waals surface area contributed by atoms with Crippen LogP contribution in [0.2, 0.25) is 0 Å². The molecule has 5 rings (SSSR count). The first kappa shape index (κ1) is 15.3. The van der Waals surface area contributed by atoms with Crippen LogP contribution < -0.4 is 0 Å². The topological polar surface area (TPSA) is 28.2 Å². The second-order valence-electron chi connectivity index (χ2n) is 7.90. The van der Waals surface area contributed by atoms with Gasteiger partial charge in [-0.1, -0.05) is 30.3 Å². The summed E-state index contributed by atoms with van der Waals surface area (Å²) in [4.78, 5) is 8.05. The Balaban J connectivity index is 1.32. The van der Waals surface area contributed by atoms with Crippen LogP contribution in [0.4, 0.5) is 0 Å². The molecule has 130 valence electrons. The lowest BCUT2D eigenvalue weighted by molar-refractivity contribution is -0.197. The zero-order chi connectivity index (χ0) is 16.0. The van der Waals surface area contributed by atoms with Gasteiger partial charge in [0.15, 0.2) is 0 Å². The number of fused-ring (bicyclic) bond motifs is 2. The molecule has 1 spiro atoms. The highest BCUT2D eigenvalue weighted by Gasteiger charge is 2.55. The van der Waals surface area contributed by atoms with Gasteiger partial charge in [0.2, 0.25) is 0 Å². The monoisotopic (exact) mass is 329 g/mol. The summed E-state index contributed by atoms with van der Waals surface area (Å²) < 4.78 is 11.2. The van der Waals surface area contributed by atoms with E-state index in [1.165, 1.54) is 25.2 Å². The maximum Gasteiger partial charge on any atom is 0.0645 e. The van der Waals surface area contributed by atoms with Crippen LogP contribution in [0.1, 0.15) is 5.56 Å². The SMILES string of the molecule is c1ccc(CN2CC3COCCN3C3(C2)CN(C2COC2)C3)cc1. The number of ether oxygens (including phenoxy) is 2. The number of benzene rings is 1. The minimum atomic E-state index is 0.330. The molecule has 4 aliphatic rings. The van der Waals surface area contributed by atoms with Crippen LogP contribution in [0.5, 0.6) is 0 Å². The molecule has 1 atom stereocenters. The van der Waals surface area contributed by atoms with Gasteiger partial charge in [0.25, 0.3) is 0 Å². The Morgan fingerprint density at radius 2 is 1.75 bits per heavy atom. The summed E-state index contributed by atoms with van der Waals surface area (Å²) in [5, 5.41) is 0. The molecule has 1 aromatic rings. The van der Waals surface area contributed by atoms with Gasteiger partial charge < -0.3 is 9.47 Å². The van der Waals surface area contributed by atoms with Crippen molar-refractivity contribution in [2.24, 2.45) is 0 Å². The molecule has 0 amide bonds. The van der Waals surface area contributed by atoms with Crippen LogP contribution in [0.15, 0.2) is 30.3 Å². The molecule has 0 saturated carbocycles. The molecular weight excluding hydrogens is 302 g/mol. The summed E-state index contributed by atoms with van der Waals surface area (Å²) >= 11 is 0. The van der Waals surface area contributed by atoms with Crippen molar-refractivity contribution in [1.82, 2.24) is 14.7 Å². The summed E-state index contributed by atoms with van der Waals surface area (Å²) in [6.07, 6.45) is 0. The van der Waals surface area contributed by atoms with E-state index in [0.717, 1.165) is 46.1 Å². The zero-order valence-corrected chi connectivity index (χ0v) is 14.3. The van der Waals surface area contributed by atoms with Gasteiger partial charge in [-0.25, -0.2) is 0 Å². The Hall–Kier alpha value is -0.980. The normalized spacial score (nSPS) is 31.4. The summed E-state index contributed by atoms with van der Waals surface area (Å²) in [5.41, 5.74) is 1.75. The molecular formula is C19H27N3O2. The highest BCUT2D eigenvalue weighted by Crippen LogP contribution is 2.37. The lowest BCUT2D eigenvalue weighted by atomic mass is 9.81. The lowest BCUT2D eigenvalue weighted by Crippen LogP contribution is -2.82. The standard InChI is InChI=1S/C19H27N3O2/c1-2-4-16(5-3-1)8-20-9-17-10-23-7-6-22(17)19(13-20)14-21(15-19)18-11-24-12-18/h1-5,17-18H,6-15H2. The fraction of sp³-hybridized carbons (Fsp3) is 0.684. The third-order valence-electron chi connectivity index (χ3n) is 6.20. The average Bonchev–Trinajstić information content (AvgIpc) is 2.53. The van der Waals surface area contributed by atoms with Crippen molar-refractivity contribution in [3.05, 3.63) is 35.9 Å².